The zero-order chi connectivity index (χ0) is 24.9. The molecule has 0 bridgehead atoms. The van der Waals surface area contributed by atoms with Crippen molar-refractivity contribution in [1.82, 2.24) is 9.97 Å². The molecule has 0 radical (unpaired) electrons. The largest absolute Gasteiger partial charge is 0.481 e. The first kappa shape index (κ1) is 23.5. The van der Waals surface area contributed by atoms with Gasteiger partial charge in [-0.15, -0.1) is 6.42 Å². The lowest BCUT2D eigenvalue weighted by atomic mass is 9.99. The number of hydrogen-bond acceptors (Lipinski definition) is 5. The maximum atomic E-state index is 13.0. The van der Waals surface area contributed by atoms with E-state index in [2.05, 4.69) is 35.1 Å². The number of anilines is 1. The zero-order valence-corrected chi connectivity index (χ0v) is 19.3. The maximum absolute atomic E-state index is 13.0. The van der Waals surface area contributed by atoms with Crippen LogP contribution in [0.25, 0.3) is 22.2 Å². The van der Waals surface area contributed by atoms with Gasteiger partial charge >= 0.3 is 5.97 Å². The summed E-state index contributed by atoms with van der Waals surface area (Å²) in [5.41, 5.74) is 3.52. The average molecular weight is 466 g/mol. The van der Waals surface area contributed by atoms with E-state index in [0.29, 0.717) is 34.0 Å². The zero-order valence-electron chi connectivity index (χ0n) is 19.3. The van der Waals surface area contributed by atoms with Gasteiger partial charge in [0.05, 0.1) is 16.8 Å². The molecule has 2 N–H and O–H groups in total. The number of nitrogens with zero attached hydrogens (tertiary/aromatic N) is 2. The van der Waals surface area contributed by atoms with Gasteiger partial charge in [-0.25, -0.2) is 14.8 Å². The van der Waals surface area contributed by atoms with Gasteiger partial charge in [-0.3, -0.25) is 4.79 Å². The van der Waals surface area contributed by atoms with Gasteiger partial charge in [0.15, 0.2) is 0 Å². The first-order valence-electron chi connectivity index (χ1n) is 11.0. The number of nitrogens with one attached hydrogen (secondary N) is 1. The topological polar surface area (TPSA) is 101 Å². The Morgan fingerprint density at radius 2 is 1.83 bits per heavy atom. The third-order valence-electron chi connectivity index (χ3n) is 5.41. The fourth-order valence-electron chi connectivity index (χ4n) is 3.59. The molecule has 1 amide bonds. The highest BCUT2D eigenvalue weighted by molar-refractivity contribution is 6.05. The van der Waals surface area contributed by atoms with Crippen LogP contribution in [0.2, 0.25) is 0 Å². The Bertz CT molecular complexity index is 1450. The van der Waals surface area contributed by atoms with E-state index in [1.807, 2.05) is 24.3 Å². The summed E-state index contributed by atoms with van der Waals surface area (Å²) in [6.45, 7) is 4.36. The Labute approximate surface area is 202 Å². The van der Waals surface area contributed by atoms with Crippen LogP contribution < -0.4 is 10.1 Å². The minimum Gasteiger partial charge on any atom is -0.481 e. The fourth-order valence-corrected chi connectivity index (χ4v) is 3.59. The highest BCUT2D eigenvalue weighted by Crippen LogP contribution is 2.30. The molecule has 3 aromatic carbocycles. The molecular formula is C28H23N3O4. The minimum absolute atomic E-state index is 0.0431. The molecule has 0 spiro atoms. The molecule has 1 aromatic heterocycles. The highest BCUT2D eigenvalue weighted by atomic mass is 16.5. The number of terminal acetylenes is 1. The van der Waals surface area contributed by atoms with E-state index in [1.165, 1.54) is 17.7 Å². The summed E-state index contributed by atoms with van der Waals surface area (Å²) >= 11 is 0. The Morgan fingerprint density at radius 3 is 2.51 bits per heavy atom. The van der Waals surface area contributed by atoms with Crippen LogP contribution in [0.3, 0.4) is 0 Å². The molecule has 4 aromatic rings. The second kappa shape index (κ2) is 10.1. The highest BCUT2D eigenvalue weighted by Gasteiger charge is 2.17. The average Bonchev–Trinajstić information content (AvgIpc) is 2.86. The normalized spacial score (nSPS) is 10.7. The summed E-state index contributed by atoms with van der Waals surface area (Å²) in [5, 5.41) is 12.6. The predicted molar refractivity (Wildman–Crippen MR) is 135 cm³/mol. The van der Waals surface area contributed by atoms with E-state index < -0.39 is 11.9 Å². The molecule has 174 valence electrons. The number of carbonyl (C=O) groups excluding carboxylic acids is 1. The quantitative estimate of drug-likeness (QED) is 0.355. The number of ether oxygens (including phenoxy) is 1. The molecule has 4 rings (SSSR count). The molecule has 0 saturated heterocycles. The van der Waals surface area contributed by atoms with Gasteiger partial charge in [-0.2, -0.15) is 0 Å². The number of amides is 1. The van der Waals surface area contributed by atoms with Crippen LogP contribution in [0.4, 0.5) is 5.69 Å². The number of benzene rings is 3. The van der Waals surface area contributed by atoms with Crippen LogP contribution in [0, 0.1) is 12.3 Å². The van der Waals surface area contributed by atoms with Crippen LogP contribution in [0.1, 0.15) is 46.3 Å². The van der Waals surface area contributed by atoms with E-state index in [0.717, 1.165) is 5.56 Å². The number of hydrogen-bond donors (Lipinski definition) is 2. The lowest BCUT2D eigenvalue weighted by Crippen LogP contribution is -2.16. The summed E-state index contributed by atoms with van der Waals surface area (Å²) in [7, 11) is 0. The monoisotopic (exact) mass is 465 g/mol. The van der Waals surface area contributed by atoms with Crippen LogP contribution in [-0.4, -0.2) is 33.6 Å². The molecule has 7 nitrogen and oxygen atoms in total. The SMILES string of the molecule is C#CCOc1ccc2nc(C(=O)Nc3cccc(C(=O)O)c3)nc(-c3ccc(C(C)C)cc3)c2c1. The standard InChI is InChI=1S/C28H23N3O4/c1-4-14-35-22-12-13-24-23(16-22)25(19-10-8-18(9-11-19)17(2)3)31-26(30-24)27(32)29-21-7-5-6-20(15-21)28(33)34/h1,5-13,15-17H,14H2,2-3H3,(H,29,32)(H,33,34). The summed E-state index contributed by atoms with van der Waals surface area (Å²) < 4.78 is 5.57. The van der Waals surface area contributed by atoms with E-state index in [4.69, 9.17) is 11.2 Å². The lowest BCUT2D eigenvalue weighted by molar-refractivity contribution is 0.0696. The third kappa shape index (κ3) is 5.28. The van der Waals surface area contributed by atoms with Crippen molar-refractivity contribution < 1.29 is 19.4 Å². The van der Waals surface area contributed by atoms with Crippen molar-refractivity contribution in [3.8, 4) is 29.4 Å². The fraction of sp³-hybridized carbons (Fsp3) is 0.143. The Hall–Kier alpha value is -4.70. The molecule has 0 fully saturated rings. The molecule has 0 aliphatic carbocycles. The van der Waals surface area contributed by atoms with E-state index in [1.54, 1.807) is 30.3 Å². The number of aromatic carboxylic acids is 1. The van der Waals surface area contributed by atoms with Crippen molar-refractivity contribution in [1.29, 1.82) is 0 Å². The summed E-state index contributed by atoms with van der Waals surface area (Å²) in [6, 6.07) is 19.3. The van der Waals surface area contributed by atoms with E-state index in [9.17, 15) is 14.7 Å². The molecule has 0 aliphatic heterocycles. The number of fused-ring (bicyclic) bond motifs is 1. The summed E-state index contributed by atoms with van der Waals surface area (Å²) in [4.78, 5) is 33.3. The number of carboxylic acid groups (broad SMARTS) is 1. The van der Waals surface area contributed by atoms with Gasteiger partial charge in [-0.05, 0) is 47.9 Å². The Kier molecular flexibility index (Phi) is 6.74. The molecule has 1 heterocycles. The van der Waals surface area contributed by atoms with Gasteiger partial charge in [-0.1, -0.05) is 50.1 Å². The molecule has 0 unspecified atom stereocenters. The first-order chi connectivity index (χ1) is 16.9. The van der Waals surface area contributed by atoms with Crippen molar-refractivity contribution in [2.75, 3.05) is 11.9 Å². The van der Waals surface area contributed by atoms with Crippen molar-refractivity contribution in [3.63, 3.8) is 0 Å². The van der Waals surface area contributed by atoms with Gasteiger partial charge in [0, 0.05) is 16.6 Å². The molecule has 35 heavy (non-hydrogen) atoms. The Morgan fingerprint density at radius 1 is 1.06 bits per heavy atom. The summed E-state index contributed by atoms with van der Waals surface area (Å²) in [6.07, 6.45) is 5.31. The second-order valence-corrected chi connectivity index (χ2v) is 8.18. The number of carboxylic acids is 1. The molecule has 7 heteroatoms. The minimum atomic E-state index is -1.09. The van der Waals surface area contributed by atoms with Crippen LogP contribution in [0.15, 0.2) is 66.7 Å². The molecular weight excluding hydrogens is 442 g/mol. The number of rotatable bonds is 7. The number of aromatic nitrogens is 2. The lowest BCUT2D eigenvalue weighted by Gasteiger charge is -2.12. The Balaban J connectivity index is 1.78. The van der Waals surface area contributed by atoms with Crippen LogP contribution in [0.5, 0.6) is 5.75 Å². The predicted octanol–water partition coefficient (Wildman–Crippen LogP) is 5.38. The molecule has 0 aliphatic rings. The molecule has 0 atom stereocenters. The van der Waals surface area contributed by atoms with E-state index in [-0.39, 0.29) is 18.0 Å². The van der Waals surface area contributed by atoms with Crippen molar-refractivity contribution >= 4 is 28.5 Å². The number of carbonyl (C=O) groups is 2. The first-order valence-corrected chi connectivity index (χ1v) is 11.0. The van der Waals surface area contributed by atoms with Crippen molar-refractivity contribution in [2.24, 2.45) is 0 Å². The van der Waals surface area contributed by atoms with Crippen LogP contribution in [-0.2, 0) is 0 Å². The maximum Gasteiger partial charge on any atom is 0.335 e. The summed E-state index contributed by atoms with van der Waals surface area (Å²) in [5.74, 6) is 1.70. The van der Waals surface area contributed by atoms with Crippen LogP contribution >= 0.6 is 0 Å². The van der Waals surface area contributed by atoms with Gasteiger partial charge < -0.3 is 15.2 Å². The second-order valence-electron chi connectivity index (χ2n) is 8.18. The van der Waals surface area contributed by atoms with E-state index >= 15 is 0 Å². The van der Waals surface area contributed by atoms with Crippen molar-refractivity contribution in [3.05, 3.63) is 83.7 Å². The molecule has 0 saturated carbocycles. The third-order valence-corrected chi connectivity index (χ3v) is 5.41. The van der Waals surface area contributed by atoms with Gasteiger partial charge in [0.1, 0.15) is 12.4 Å². The van der Waals surface area contributed by atoms with Gasteiger partial charge in [0.2, 0.25) is 5.82 Å². The van der Waals surface area contributed by atoms with Gasteiger partial charge in [0.25, 0.3) is 5.91 Å². The van der Waals surface area contributed by atoms with Crippen molar-refractivity contribution in [2.45, 2.75) is 19.8 Å². The smallest absolute Gasteiger partial charge is 0.335 e.